The molecule has 0 bridgehead atoms. The van der Waals surface area contributed by atoms with Gasteiger partial charge in [-0.15, -0.1) is 0 Å². The van der Waals surface area contributed by atoms with Crippen molar-refractivity contribution in [1.29, 1.82) is 0 Å². The van der Waals surface area contributed by atoms with Crippen LogP contribution in [-0.2, 0) is 15.7 Å². The van der Waals surface area contributed by atoms with Crippen LogP contribution in [0.1, 0.15) is 38.7 Å². The van der Waals surface area contributed by atoms with Crippen molar-refractivity contribution in [3.05, 3.63) is 41.5 Å². The van der Waals surface area contributed by atoms with Crippen molar-refractivity contribution in [2.45, 2.75) is 51.5 Å². The molecule has 5 nitrogen and oxygen atoms in total. The Kier molecular flexibility index (Phi) is 5.96. The van der Waals surface area contributed by atoms with Crippen LogP contribution in [0.15, 0.2) is 35.9 Å². The van der Waals surface area contributed by atoms with Gasteiger partial charge in [-0.25, -0.2) is 0 Å². The molecular weight excluding hydrogens is 445 g/mol. The minimum atomic E-state index is -4.36. The van der Waals surface area contributed by atoms with Gasteiger partial charge in [0.1, 0.15) is 6.10 Å². The SMILES string of the molecule is CC1CCC=C2CC3OC(=O)C(CN4CCN(c5cccc(C(F)(F)F)c5)CC4)C3C(O)C21C. The molecule has 5 rings (SSSR count). The van der Waals surface area contributed by atoms with Gasteiger partial charge < -0.3 is 14.7 Å². The topological polar surface area (TPSA) is 53.0 Å². The lowest BCUT2D eigenvalue weighted by atomic mass is 9.55. The fourth-order valence-corrected chi connectivity index (χ4v) is 6.62. The highest BCUT2D eigenvalue weighted by Gasteiger charge is 2.59. The van der Waals surface area contributed by atoms with E-state index in [9.17, 15) is 23.1 Å². The number of aliphatic hydroxyl groups excluding tert-OH is 1. The Labute approximate surface area is 198 Å². The van der Waals surface area contributed by atoms with Gasteiger partial charge in [0.2, 0.25) is 0 Å². The zero-order valence-corrected chi connectivity index (χ0v) is 19.7. The van der Waals surface area contributed by atoms with Crippen molar-refractivity contribution >= 4 is 11.7 Å². The molecule has 186 valence electrons. The molecule has 0 spiro atoms. The third-order valence-corrected chi connectivity index (χ3v) is 8.94. The molecule has 2 aliphatic heterocycles. The second-order valence-electron chi connectivity index (χ2n) is 10.6. The zero-order valence-electron chi connectivity index (χ0n) is 19.7. The van der Waals surface area contributed by atoms with E-state index in [1.165, 1.54) is 17.7 Å². The van der Waals surface area contributed by atoms with E-state index in [4.69, 9.17) is 4.74 Å². The Bertz CT molecular complexity index is 972. The average Bonchev–Trinajstić information content (AvgIpc) is 3.11. The number of hydrogen-bond acceptors (Lipinski definition) is 5. The minimum Gasteiger partial charge on any atom is -0.461 e. The third kappa shape index (κ3) is 3.92. The van der Waals surface area contributed by atoms with E-state index in [0.29, 0.717) is 50.7 Å². The van der Waals surface area contributed by atoms with Gasteiger partial charge in [-0.1, -0.05) is 31.6 Å². The molecule has 4 aliphatic rings. The lowest BCUT2D eigenvalue weighted by Gasteiger charge is -2.52. The molecule has 34 heavy (non-hydrogen) atoms. The van der Waals surface area contributed by atoms with Gasteiger partial charge in [-0.3, -0.25) is 9.69 Å². The molecule has 8 heteroatoms. The van der Waals surface area contributed by atoms with Gasteiger partial charge in [0.15, 0.2) is 0 Å². The molecule has 0 radical (unpaired) electrons. The molecule has 3 fully saturated rings. The summed E-state index contributed by atoms with van der Waals surface area (Å²) < 4.78 is 45.0. The quantitative estimate of drug-likeness (QED) is 0.524. The summed E-state index contributed by atoms with van der Waals surface area (Å²) in [5, 5.41) is 11.5. The first-order valence-corrected chi connectivity index (χ1v) is 12.3. The Morgan fingerprint density at radius 2 is 1.94 bits per heavy atom. The Morgan fingerprint density at radius 1 is 1.21 bits per heavy atom. The summed E-state index contributed by atoms with van der Waals surface area (Å²) in [5.41, 5.74) is 0.824. The maximum atomic E-state index is 13.1. The van der Waals surface area contributed by atoms with Crippen molar-refractivity contribution in [3.8, 4) is 0 Å². The number of halogens is 3. The van der Waals surface area contributed by atoms with E-state index in [0.717, 1.165) is 18.9 Å². The molecule has 0 amide bonds. The number of alkyl halides is 3. The number of carbonyl (C=O) groups is 1. The summed E-state index contributed by atoms with van der Waals surface area (Å²) in [5.74, 6) is -0.495. The number of hydrogen-bond donors (Lipinski definition) is 1. The van der Waals surface area contributed by atoms with E-state index in [2.05, 4.69) is 24.8 Å². The van der Waals surface area contributed by atoms with Gasteiger partial charge in [0, 0.05) is 56.2 Å². The zero-order chi connectivity index (χ0) is 24.3. The molecule has 1 aromatic rings. The summed E-state index contributed by atoms with van der Waals surface area (Å²) in [4.78, 5) is 17.0. The number of aliphatic hydroxyl groups is 1. The summed E-state index contributed by atoms with van der Waals surface area (Å²) in [6.07, 6.45) is -0.296. The number of fused-ring (bicyclic) bond motifs is 2. The Balaban J connectivity index is 1.26. The molecule has 2 aliphatic carbocycles. The van der Waals surface area contributed by atoms with Gasteiger partial charge in [-0.2, -0.15) is 13.2 Å². The number of anilines is 1. The van der Waals surface area contributed by atoms with Crippen LogP contribution in [0.5, 0.6) is 0 Å². The molecule has 6 atom stereocenters. The first-order valence-electron chi connectivity index (χ1n) is 12.3. The van der Waals surface area contributed by atoms with E-state index < -0.39 is 17.8 Å². The van der Waals surface area contributed by atoms with E-state index in [1.54, 1.807) is 6.07 Å². The fraction of sp³-hybridized carbons (Fsp3) is 0.654. The van der Waals surface area contributed by atoms with E-state index in [1.807, 2.05) is 4.90 Å². The first-order chi connectivity index (χ1) is 16.1. The lowest BCUT2D eigenvalue weighted by molar-refractivity contribution is -0.145. The highest BCUT2D eigenvalue weighted by molar-refractivity contribution is 5.76. The predicted octanol–water partition coefficient (Wildman–Crippen LogP) is 4.11. The highest BCUT2D eigenvalue weighted by atomic mass is 19.4. The van der Waals surface area contributed by atoms with Crippen molar-refractivity contribution in [2.24, 2.45) is 23.2 Å². The van der Waals surface area contributed by atoms with Crippen LogP contribution in [0, 0.1) is 23.2 Å². The van der Waals surface area contributed by atoms with Gasteiger partial charge in [0.25, 0.3) is 0 Å². The van der Waals surface area contributed by atoms with E-state index in [-0.39, 0.29) is 29.3 Å². The Hall–Kier alpha value is -2.06. The van der Waals surface area contributed by atoms with Crippen molar-refractivity contribution < 1.29 is 27.8 Å². The molecular formula is C26H33F3N2O3. The van der Waals surface area contributed by atoms with E-state index >= 15 is 0 Å². The van der Waals surface area contributed by atoms with Crippen molar-refractivity contribution in [3.63, 3.8) is 0 Å². The van der Waals surface area contributed by atoms with Crippen molar-refractivity contribution in [1.82, 2.24) is 4.90 Å². The molecule has 6 unspecified atom stereocenters. The maximum absolute atomic E-state index is 13.1. The summed E-state index contributed by atoms with van der Waals surface area (Å²) in [6.45, 7) is 7.30. The first kappa shape index (κ1) is 23.7. The van der Waals surface area contributed by atoms with Crippen LogP contribution < -0.4 is 4.90 Å². The summed E-state index contributed by atoms with van der Waals surface area (Å²) in [7, 11) is 0. The van der Waals surface area contributed by atoms with Crippen LogP contribution in [0.2, 0.25) is 0 Å². The Morgan fingerprint density at radius 3 is 2.65 bits per heavy atom. The number of ether oxygens (including phenoxy) is 1. The molecule has 1 N–H and O–H groups in total. The molecule has 0 aromatic heterocycles. The van der Waals surface area contributed by atoms with Gasteiger partial charge in [0.05, 0.1) is 17.6 Å². The monoisotopic (exact) mass is 478 g/mol. The fourth-order valence-electron chi connectivity index (χ4n) is 6.62. The predicted molar refractivity (Wildman–Crippen MR) is 122 cm³/mol. The van der Waals surface area contributed by atoms with Crippen LogP contribution in [-0.4, -0.2) is 60.9 Å². The summed E-state index contributed by atoms with van der Waals surface area (Å²) in [6, 6.07) is 5.44. The second kappa shape index (κ2) is 8.55. The average molecular weight is 479 g/mol. The molecule has 1 saturated carbocycles. The van der Waals surface area contributed by atoms with Crippen LogP contribution >= 0.6 is 0 Å². The molecule has 1 aromatic carbocycles. The number of benzene rings is 1. The van der Waals surface area contributed by atoms with Crippen LogP contribution in [0.25, 0.3) is 0 Å². The normalized spacial score (nSPS) is 36.5. The highest BCUT2D eigenvalue weighted by Crippen LogP contribution is 2.56. The second-order valence-corrected chi connectivity index (χ2v) is 10.6. The van der Waals surface area contributed by atoms with Crippen LogP contribution in [0.3, 0.4) is 0 Å². The number of esters is 1. The smallest absolute Gasteiger partial charge is 0.416 e. The largest absolute Gasteiger partial charge is 0.461 e. The number of carbonyl (C=O) groups excluding carboxylic acids is 1. The lowest BCUT2D eigenvalue weighted by Crippen LogP contribution is -2.55. The number of nitrogens with zero attached hydrogens (tertiary/aromatic N) is 2. The number of rotatable bonds is 3. The van der Waals surface area contributed by atoms with Crippen LogP contribution in [0.4, 0.5) is 18.9 Å². The maximum Gasteiger partial charge on any atom is 0.416 e. The molecule has 2 heterocycles. The number of allylic oxidation sites excluding steroid dienone is 1. The third-order valence-electron chi connectivity index (χ3n) is 8.94. The van der Waals surface area contributed by atoms with Gasteiger partial charge in [-0.05, 0) is 37.0 Å². The minimum absolute atomic E-state index is 0.225. The number of piperazine rings is 1. The van der Waals surface area contributed by atoms with Gasteiger partial charge >= 0.3 is 12.1 Å². The standard InChI is InChI=1S/C26H33F3N2O3/c1-16-5-3-6-17-14-21-22(23(32)25(16,17)2)20(24(33)34-21)15-30-9-11-31(12-10-30)19-8-4-7-18(13-19)26(27,28)29/h4,6-8,13,16,20-23,32H,3,5,9-12,14-15H2,1-2H3. The molecule has 2 saturated heterocycles. The summed E-state index contributed by atoms with van der Waals surface area (Å²) >= 11 is 0. The van der Waals surface area contributed by atoms with Crippen molar-refractivity contribution in [2.75, 3.05) is 37.6 Å².